The molecule has 25 heavy (non-hydrogen) atoms. The van der Waals surface area contributed by atoms with E-state index in [1.165, 1.54) is 18.4 Å². The van der Waals surface area contributed by atoms with Gasteiger partial charge in [0.1, 0.15) is 11.6 Å². The summed E-state index contributed by atoms with van der Waals surface area (Å²) in [5.74, 6) is 0.678. The Kier molecular flexibility index (Phi) is 5.67. The first-order valence-corrected chi connectivity index (χ1v) is 9.48. The number of carbonyl (C=O) groups excluding carboxylic acids is 1. The van der Waals surface area contributed by atoms with Crippen LogP contribution in [0.25, 0.3) is 10.6 Å². The maximum absolute atomic E-state index is 12.2. The highest BCUT2D eigenvalue weighted by molar-refractivity contribution is 7.14. The fourth-order valence-electron chi connectivity index (χ4n) is 2.18. The Morgan fingerprint density at radius 2 is 2.08 bits per heavy atom. The molecule has 0 unspecified atom stereocenters. The smallest absolute Gasteiger partial charge is 0.338 e. The molecule has 7 heteroatoms. The van der Waals surface area contributed by atoms with Gasteiger partial charge in [0.05, 0.1) is 25.0 Å². The maximum Gasteiger partial charge on any atom is 0.338 e. The summed E-state index contributed by atoms with van der Waals surface area (Å²) < 4.78 is 16.1. The van der Waals surface area contributed by atoms with Crippen molar-refractivity contribution < 1.29 is 19.0 Å². The normalized spacial score (nSPS) is 10.5. The molecule has 0 N–H and O–H groups in total. The lowest BCUT2D eigenvalue weighted by molar-refractivity contribution is 0.0468. The zero-order valence-electron chi connectivity index (χ0n) is 13.9. The molecule has 3 aromatic rings. The molecule has 0 fully saturated rings. The van der Waals surface area contributed by atoms with Gasteiger partial charge in [-0.05, 0) is 36.6 Å². The lowest BCUT2D eigenvalue weighted by Crippen LogP contribution is -2.06. The number of nitrogens with zero attached hydrogens (tertiary/aromatic N) is 1. The van der Waals surface area contributed by atoms with Crippen molar-refractivity contribution in [3.8, 4) is 22.1 Å². The van der Waals surface area contributed by atoms with Gasteiger partial charge in [-0.15, -0.1) is 11.3 Å². The molecule has 0 spiro atoms. The van der Waals surface area contributed by atoms with Crippen LogP contribution in [-0.4, -0.2) is 24.7 Å². The van der Waals surface area contributed by atoms with Crippen LogP contribution in [0.3, 0.4) is 0 Å². The van der Waals surface area contributed by atoms with Crippen LogP contribution >= 0.6 is 22.7 Å². The Morgan fingerprint density at radius 3 is 2.80 bits per heavy atom. The number of hydrogen-bond donors (Lipinski definition) is 0. The summed E-state index contributed by atoms with van der Waals surface area (Å²) >= 11 is 3.16. The molecule has 0 aliphatic heterocycles. The molecule has 0 radical (unpaired) electrons. The second-order valence-electron chi connectivity index (χ2n) is 5.03. The molecule has 0 bridgehead atoms. The molecule has 0 amide bonds. The number of thiophene rings is 1. The van der Waals surface area contributed by atoms with Crippen LogP contribution in [0.5, 0.6) is 11.5 Å². The molecule has 1 aromatic carbocycles. The van der Waals surface area contributed by atoms with Gasteiger partial charge in [0.15, 0.2) is 11.5 Å². The predicted molar refractivity (Wildman–Crippen MR) is 98.7 cm³/mol. The first-order valence-electron chi connectivity index (χ1n) is 7.66. The van der Waals surface area contributed by atoms with Gasteiger partial charge >= 0.3 is 5.97 Å². The van der Waals surface area contributed by atoms with Gasteiger partial charge in [-0.1, -0.05) is 0 Å². The first-order chi connectivity index (χ1) is 12.2. The van der Waals surface area contributed by atoms with Gasteiger partial charge in [0, 0.05) is 16.3 Å². The molecular weight excluding hydrogens is 358 g/mol. The summed E-state index contributed by atoms with van der Waals surface area (Å²) in [6.45, 7) is 2.55. The Hall–Kier alpha value is -2.38. The SMILES string of the molecule is CCOc1ccc(C(=O)OCc2csc(-c3ccsc3)n2)cc1OC. The number of carbonyl (C=O) groups is 1. The molecule has 0 atom stereocenters. The number of aromatic nitrogens is 1. The molecule has 2 aromatic heterocycles. The van der Waals surface area contributed by atoms with Crippen LogP contribution in [0.4, 0.5) is 0 Å². The summed E-state index contributed by atoms with van der Waals surface area (Å²) in [5.41, 5.74) is 2.23. The van der Waals surface area contributed by atoms with Crippen LogP contribution in [0.1, 0.15) is 23.0 Å². The molecule has 0 saturated heterocycles. The Morgan fingerprint density at radius 1 is 1.20 bits per heavy atom. The minimum atomic E-state index is -0.425. The van der Waals surface area contributed by atoms with Gasteiger partial charge in [-0.25, -0.2) is 9.78 Å². The van der Waals surface area contributed by atoms with Crippen LogP contribution in [-0.2, 0) is 11.3 Å². The summed E-state index contributed by atoms with van der Waals surface area (Å²) in [7, 11) is 1.54. The fourth-order valence-corrected chi connectivity index (χ4v) is 3.70. The van der Waals surface area contributed by atoms with E-state index in [1.807, 2.05) is 29.1 Å². The molecule has 5 nitrogen and oxygen atoms in total. The van der Waals surface area contributed by atoms with E-state index >= 15 is 0 Å². The third-order valence-electron chi connectivity index (χ3n) is 3.37. The van der Waals surface area contributed by atoms with Crippen molar-refractivity contribution in [3.05, 3.63) is 51.7 Å². The fraction of sp³-hybridized carbons (Fsp3) is 0.222. The zero-order chi connectivity index (χ0) is 17.6. The highest BCUT2D eigenvalue weighted by atomic mass is 32.1. The average Bonchev–Trinajstić information content (AvgIpc) is 3.31. The van der Waals surface area contributed by atoms with E-state index in [-0.39, 0.29) is 6.61 Å². The summed E-state index contributed by atoms with van der Waals surface area (Å²) in [4.78, 5) is 16.7. The van der Waals surface area contributed by atoms with Crippen molar-refractivity contribution in [1.29, 1.82) is 0 Å². The number of rotatable bonds is 7. The average molecular weight is 375 g/mol. The van der Waals surface area contributed by atoms with Crippen molar-refractivity contribution in [3.63, 3.8) is 0 Å². The quantitative estimate of drug-likeness (QED) is 0.563. The van der Waals surface area contributed by atoms with Crippen LogP contribution in [0.2, 0.25) is 0 Å². The van der Waals surface area contributed by atoms with Gasteiger partial charge in [0.25, 0.3) is 0 Å². The summed E-state index contributed by atoms with van der Waals surface area (Å²) in [6, 6.07) is 7.00. The van der Waals surface area contributed by atoms with Gasteiger partial charge in [0.2, 0.25) is 0 Å². The first kappa shape index (κ1) is 17.4. The number of ether oxygens (including phenoxy) is 3. The number of methoxy groups -OCH3 is 1. The van der Waals surface area contributed by atoms with Crippen LogP contribution in [0, 0.1) is 0 Å². The van der Waals surface area contributed by atoms with Crippen molar-refractivity contribution in [2.45, 2.75) is 13.5 Å². The van der Waals surface area contributed by atoms with E-state index < -0.39 is 5.97 Å². The van der Waals surface area contributed by atoms with E-state index in [9.17, 15) is 4.79 Å². The van der Waals surface area contributed by atoms with Crippen LogP contribution in [0.15, 0.2) is 40.4 Å². The van der Waals surface area contributed by atoms with E-state index in [4.69, 9.17) is 14.2 Å². The third kappa shape index (κ3) is 4.18. The van der Waals surface area contributed by atoms with Crippen molar-refractivity contribution in [1.82, 2.24) is 4.98 Å². The zero-order valence-corrected chi connectivity index (χ0v) is 15.5. The molecule has 0 aliphatic carbocycles. The Labute approximate surface area is 153 Å². The van der Waals surface area contributed by atoms with E-state index in [1.54, 1.807) is 29.5 Å². The van der Waals surface area contributed by atoms with Crippen molar-refractivity contribution in [2.24, 2.45) is 0 Å². The lowest BCUT2D eigenvalue weighted by Gasteiger charge is -2.10. The monoisotopic (exact) mass is 375 g/mol. The van der Waals surface area contributed by atoms with E-state index in [0.717, 1.165) is 16.3 Å². The minimum absolute atomic E-state index is 0.134. The molecule has 0 saturated carbocycles. The van der Waals surface area contributed by atoms with E-state index in [0.29, 0.717) is 23.7 Å². The lowest BCUT2D eigenvalue weighted by atomic mass is 10.2. The third-order valence-corrected chi connectivity index (χ3v) is 4.99. The predicted octanol–water partition coefficient (Wildman–Crippen LogP) is 4.64. The highest BCUT2D eigenvalue weighted by Gasteiger charge is 2.13. The van der Waals surface area contributed by atoms with Crippen molar-refractivity contribution in [2.75, 3.05) is 13.7 Å². The topological polar surface area (TPSA) is 57.7 Å². The number of thiazole rings is 1. The molecular formula is C18H17NO4S2. The van der Waals surface area contributed by atoms with Crippen LogP contribution < -0.4 is 9.47 Å². The second kappa shape index (κ2) is 8.13. The van der Waals surface area contributed by atoms with E-state index in [2.05, 4.69) is 4.98 Å². The minimum Gasteiger partial charge on any atom is -0.493 e. The highest BCUT2D eigenvalue weighted by Crippen LogP contribution is 2.29. The largest absolute Gasteiger partial charge is 0.493 e. The maximum atomic E-state index is 12.2. The standard InChI is InChI=1S/C18H17NO4S2/c1-3-22-15-5-4-12(8-16(15)21-2)18(20)23-9-14-11-25-17(19-14)13-6-7-24-10-13/h4-8,10-11H,3,9H2,1-2H3. The molecule has 0 aliphatic rings. The Balaban J connectivity index is 1.64. The second-order valence-corrected chi connectivity index (χ2v) is 6.67. The Bertz CT molecular complexity index is 843. The molecule has 2 heterocycles. The molecule has 130 valence electrons. The van der Waals surface area contributed by atoms with Gasteiger partial charge < -0.3 is 14.2 Å². The summed E-state index contributed by atoms with van der Waals surface area (Å²) in [6.07, 6.45) is 0. The van der Waals surface area contributed by atoms with Crippen molar-refractivity contribution >= 4 is 28.6 Å². The van der Waals surface area contributed by atoms with Gasteiger partial charge in [-0.2, -0.15) is 11.3 Å². The number of hydrogen-bond acceptors (Lipinski definition) is 7. The van der Waals surface area contributed by atoms with Gasteiger partial charge in [-0.3, -0.25) is 0 Å². The summed E-state index contributed by atoms with van der Waals surface area (Å²) in [5, 5.41) is 6.88. The number of esters is 1. The number of benzene rings is 1. The molecule has 3 rings (SSSR count).